The molecule has 1 aliphatic rings. The highest BCUT2D eigenvalue weighted by Gasteiger charge is 2.40. The SMILES string of the molecule is COC1(C(NN)c2cnc3ccccc3c2)CCCCC1. The summed E-state index contributed by atoms with van der Waals surface area (Å²) < 4.78 is 5.93. The minimum absolute atomic E-state index is 0.0279. The number of hydrogen-bond acceptors (Lipinski definition) is 4. The van der Waals surface area contributed by atoms with Crippen LogP contribution in [0.1, 0.15) is 43.7 Å². The molecule has 3 rings (SSSR count). The van der Waals surface area contributed by atoms with Gasteiger partial charge in [-0.05, 0) is 30.5 Å². The summed E-state index contributed by atoms with van der Waals surface area (Å²) in [6.45, 7) is 0. The lowest BCUT2D eigenvalue weighted by Gasteiger charge is -2.42. The van der Waals surface area contributed by atoms with Gasteiger partial charge in [-0.2, -0.15) is 0 Å². The first-order valence-electron chi connectivity index (χ1n) is 7.65. The fourth-order valence-corrected chi connectivity index (χ4v) is 3.56. The third-order valence-corrected chi connectivity index (χ3v) is 4.74. The zero-order valence-corrected chi connectivity index (χ0v) is 12.5. The van der Waals surface area contributed by atoms with E-state index in [0.717, 1.165) is 29.3 Å². The standard InChI is InChI=1S/C17H23N3O/c1-21-17(9-5-2-6-10-17)16(20-18)14-11-13-7-3-4-8-15(13)19-12-14/h3-4,7-8,11-12,16,20H,2,5-6,9-10,18H2,1H3. The first kappa shape index (κ1) is 14.4. The Morgan fingerprint density at radius 3 is 2.71 bits per heavy atom. The van der Waals surface area contributed by atoms with Gasteiger partial charge in [0, 0.05) is 18.7 Å². The third kappa shape index (κ3) is 2.67. The van der Waals surface area contributed by atoms with E-state index in [0.29, 0.717) is 0 Å². The van der Waals surface area contributed by atoms with E-state index >= 15 is 0 Å². The van der Waals surface area contributed by atoms with Crippen molar-refractivity contribution in [1.29, 1.82) is 0 Å². The van der Waals surface area contributed by atoms with Gasteiger partial charge in [-0.15, -0.1) is 0 Å². The van der Waals surface area contributed by atoms with Gasteiger partial charge < -0.3 is 4.74 Å². The zero-order valence-electron chi connectivity index (χ0n) is 12.5. The summed E-state index contributed by atoms with van der Waals surface area (Å²) in [6.07, 6.45) is 7.64. The smallest absolute Gasteiger partial charge is 0.0886 e. The van der Waals surface area contributed by atoms with E-state index in [2.05, 4.69) is 22.5 Å². The normalized spacial score (nSPS) is 19.5. The Kier molecular flexibility index (Phi) is 4.19. The van der Waals surface area contributed by atoms with Crippen molar-refractivity contribution < 1.29 is 4.74 Å². The van der Waals surface area contributed by atoms with Gasteiger partial charge in [-0.25, -0.2) is 0 Å². The summed E-state index contributed by atoms with van der Waals surface area (Å²) in [4.78, 5) is 4.56. The molecule has 1 saturated carbocycles. The molecular formula is C17H23N3O. The predicted octanol–water partition coefficient (Wildman–Crippen LogP) is 3.09. The lowest BCUT2D eigenvalue weighted by molar-refractivity contribution is -0.0689. The molecule has 1 aromatic heterocycles. The van der Waals surface area contributed by atoms with Crippen molar-refractivity contribution in [3.63, 3.8) is 0 Å². The molecule has 21 heavy (non-hydrogen) atoms. The molecule has 0 spiro atoms. The van der Waals surface area contributed by atoms with E-state index in [4.69, 9.17) is 10.6 Å². The van der Waals surface area contributed by atoms with Gasteiger partial charge in [0.15, 0.2) is 0 Å². The second kappa shape index (κ2) is 6.10. The molecule has 2 aromatic rings. The number of nitrogens with two attached hydrogens (primary N) is 1. The number of fused-ring (bicyclic) bond motifs is 1. The molecule has 4 heteroatoms. The van der Waals surface area contributed by atoms with Crippen LogP contribution < -0.4 is 11.3 Å². The monoisotopic (exact) mass is 285 g/mol. The quantitative estimate of drug-likeness (QED) is 0.669. The van der Waals surface area contributed by atoms with Crippen molar-refractivity contribution in [2.45, 2.75) is 43.7 Å². The van der Waals surface area contributed by atoms with Crippen LogP contribution in [0.3, 0.4) is 0 Å². The molecule has 1 atom stereocenters. The number of nitrogens with zero attached hydrogens (tertiary/aromatic N) is 1. The number of hydrazine groups is 1. The van der Waals surface area contributed by atoms with E-state index < -0.39 is 0 Å². The van der Waals surface area contributed by atoms with Crippen LogP contribution in [0.5, 0.6) is 0 Å². The van der Waals surface area contributed by atoms with Crippen molar-refractivity contribution >= 4 is 10.9 Å². The highest BCUT2D eigenvalue weighted by atomic mass is 16.5. The summed E-state index contributed by atoms with van der Waals surface area (Å²) in [7, 11) is 1.80. The Balaban J connectivity index is 2.00. The van der Waals surface area contributed by atoms with Crippen LogP contribution in [0.4, 0.5) is 0 Å². The van der Waals surface area contributed by atoms with Crippen molar-refractivity contribution in [2.75, 3.05) is 7.11 Å². The van der Waals surface area contributed by atoms with Crippen molar-refractivity contribution in [2.24, 2.45) is 5.84 Å². The average Bonchev–Trinajstić information content (AvgIpc) is 2.56. The molecular weight excluding hydrogens is 262 g/mol. The number of nitrogens with one attached hydrogen (secondary N) is 1. The predicted molar refractivity (Wildman–Crippen MR) is 84.6 cm³/mol. The lowest BCUT2D eigenvalue weighted by atomic mass is 9.77. The highest BCUT2D eigenvalue weighted by Crippen LogP contribution is 2.41. The Morgan fingerprint density at radius 1 is 1.24 bits per heavy atom. The fourth-order valence-electron chi connectivity index (χ4n) is 3.56. The van der Waals surface area contributed by atoms with Gasteiger partial charge in [-0.3, -0.25) is 16.3 Å². The molecule has 1 fully saturated rings. The van der Waals surface area contributed by atoms with E-state index in [-0.39, 0.29) is 11.6 Å². The summed E-state index contributed by atoms with van der Waals surface area (Å²) in [5.41, 5.74) is 4.86. The summed E-state index contributed by atoms with van der Waals surface area (Å²) >= 11 is 0. The molecule has 0 saturated heterocycles. The average molecular weight is 285 g/mol. The topological polar surface area (TPSA) is 60.2 Å². The van der Waals surface area contributed by atoms with Gasteiger partial charge in [0.2, 0.25) is 0 Å². The number of pyridine rings is 1. The summed E-state index contributed by atoms with van der Waals surface area (Å²) in [5, 5.41) is 1.14. The summed E-state index contributed by atoms with van der Waals surface area (Å²) in [5.74, 6) is 5.88. The first-order chi connectivity index (χ1) is 10.3. The second-order valence-corrected chi connectivity index (χ2v) is 5.89. The van der Waals surface area contributed by atoms with Gasteiger partial charge in [0.25, 0.3) is 0 Å². The van der Waals surface area contributed by atoms with E-state index in [9.17, 15) is 0 Å². The molecule has 0 amide bonds. The van der Waals surface area contributed by atoms with Gasteiger partial charge in [-0.1, -0.05) is 37.5 Å². The maximum Gasteiger partial charge on any atom is 0.0886 e. The Hall–Kier alpha value is -1.49. The zero-order chi connectivity index (χ0) is 14.7. The van der Waals surface area contributed by atoms with Crippen LogP contribution >= 0.6 is 0 Å². The number of para-hydroxylation sites is 1. The number of rotatable bonds is 4. The second-order valence-electron chi connectivity index (χ2n) is 5.89. The molecule has 4 nitrogen and oxygen atoms in total. The van der Waals surface area contributed by atoms with Crippen molar-refractivity contribution in [3.8, 4) is 0 Å². The van der Waals surface area contributed by atoms with E-state index in [1.54, 1.807) is 7.11 Å². The molecule has 3 N–H and O–H groups in total. The van der Waals surface area contributed by atoms with Gasteiger partial charge in [0.1, 0.15) is 0 Å². The molecule has 0 bridgehead atoms. The molecule has 1 aromatic carbocycles. The number of benzene rings is 1. The fraction of sp³-hybridized carbons (Fsp3) is 0.471. The van der Waals surface area contributed by atoms with Crippen LogP contribution in [0, 0.1) is 0 Å². The molecule has 112 valence electrons. The largest absolute Gasteiger partial charge is 0.376 e. The maximum absolute atomic E-state index is 5.93. The number of aromatic nitrogens is 1. The van der Waals surface area contributed by atoms with Crippen molar-refractivity contribution in [1.82, 2.24) is 10.4 Å². The number of hydrogen-bond donors (Lipinski definition) is 2. The Bertz CT molecular complexity index is 608. The molecule has 0 radical (unpaired) electrons. The minimum Gasteiger partial charge on any atom is -0.376 e. The van der Waals surface area contributed by atoms with E-state index in [1.165, 1.54) is 19.3 Å². The van der Waals surface area contributed by atoms with Gasteiger partial charge >= 0.3 is 0 Å². The van der Waals surface area contributed by atoms with Gasteiger partial charge in [0.05, 0.1) is 17.2 Å². The Morgan fingerprint density at radius 2 is 2.00 bits per heavy atom. The highest BCUT2D eigenvalue weighted by molar-refractivity contribution is 5.78. The van der Waals surface area contributed by atoms with Crippen molar-refractivity contribution in [3.05, 3.63) is 42.1 Å². The molecule has 1 unspecified atom stereocenters. The van der Waals surface area contributed by atoms with Crippen LogP contribution in [0.15, 0.2) is 36.5 Å². The number of methoxy groups -OCH3 is 1. The number of ether oxygens (including phenoxy) is 1. The molecule has 1 aliphatic carbocycles. The molecule has 0 aliphatic heterocycles. The Labute approximate surface area is 125 Å². The summed E-state index contributed by atoms with van der Waals surface area (Å²) in [6, 6.07) is 10.3. The minimum atomic E-state index is -0.225. The maximum atomic E-state index is 5.93. The van der Waals surface area contributed by atoms with Crippen LogP contribution in [0.25, 0.3) is 10.9 Å². The lowest BCUT2D eigenvalue weighted by Crippen LogP contribution is -2.49. The third-order valence-electron chi connectivity index (χ3n) is 4.74. The molecule has 1 heterocycles. The first-order valence-corrected chi connectivity index (χ1v) is 7.65. The van der Waals surface area contributed by atoms with E-state index in [1.807, 2.05) is 24.4 Å². The van der Waals surface area contributed by atoms with Crippen LogP contribution in [-0.2, 0) is 4.74 Å². The van der Waals surface area contributed by atoms with Crippen LogP contribution in [0.2, 0.25) is 0 Å². The van der Waals surface area contributed by atoms with Crippen LogP contribution in [-0.4, -0.2) is 17.7 Å².